The molecule has 1 aliphatic carbocycles. The smallest absolute Gasteiger partial charge is 0.120 e. The summed E-state index contributed by atoms with van der Waals surface area (Å²) in [6.45, 7) is 2.33. The summed E-state index contributed by atoms with van der Waals surface area (Å²) in [5.41, 5.74) is 1.17. The second-order valence-corrected chi connectivity index (χ2v) is 4.49. The Kier molecular flexibility index (Phi) is 3.14. The topological polar surface area (TPSA) is 21.3 Å². The van der Waals surface area contributed by atoms with Crippen LogP contribution in [0.1, 0.15) is 26.2 Å². The van der Waals surface area contributed by atoms with E-state index in [0.29, 0.717) is 6.04 Å². The molecule has 0 amide bonds. The third-order valence-electron chi connectivity index (χ3n) is 3.14. The monoisotopic (exact) mass is 205 g/mol. The SMILES string of the molecule is COc1cccc(N[C@H]2CC[C@@H](C)C2)c1. The molecule has 15 heavy (non-hydrogen) atoms. The number of hydrogen-bond donors (Lipinski definition) is 1. The molecule has 1 saturated carbocycles. The van der Waals surface area contributed by atoms with Crippen molar-refractivity contribution < 1.29 is 4.74 Å². The van der Waals surface area contributed by atoms with E-state index in [1.54, 1.807) is 7.11 Å². The highest BCUT2D eigenvalue weighted by Gasteiger charge is 2.20. The average molecular weight is 205 g/mol. The number of ether oxygens (including phenoxy) is 1. The normalized spacial score (nSPS) is 25.2. The van der Waals surface area contributed by atoms with Gasteiger partial charge in [-0.05, 0) is 37.3 Å². The van der Waals surface area contributed by atoms with E-state index in [0.717, 1.165) is 11.7 Å². The molecule has 0 saturated heterocycles. The molecule has 0 spiro atoms. The largest absolute Gasteiger partial charge is 0.497 e. The Morgan fingerprint density at radius 2 is 2.20 bits per heavy atom. The summed E-state index contributed by atoms with van der Waals surface area (Å²) in [4.78, 5) is 0. The summed E-state index contributed by atoms with van der Waals surface area (Å²) in [5.74, 6) is 1.79. The molecule has 1 aromatic rings. The van der Waals surface area contributed by atoms with Gasteiger partial charge >= 0.3 is 0 Å². The summed E-state index contributed by atoms with van der Waals surface area (Å²) in [7, 11) is 1.71. The van der Waals surface area contributed by atoms with Gasteiger partial charge in [0.05, 0.1) is 7.11 Å². The number of rotatable bonds is 3. The second kappa shape index (κ2) is 4.56. The molecule has 0 radical (unpaired) electrons. The molecule has 2 nitrogen and oxygen atoms in total. The Balaban J connectivity index is 1.98. The summed E-state index contributed by atoms with van der Waals surface area (Å²) < 4.78 is 5.20. The van der Waals surface area contributed by atoms with Crippen LogP contribution >= 0.6 is 0 Å². The van der Waals surface area contributed by atoms with Gasteiger partial charge in [-0.25, -0.2) is 0 Å². The Morgan fingerprint density at radius 1 is 1.33 bits per heavy atom. The van der Waals surface area contributed by atoms with Crippen molar-refractivity contribution in [2.75, 3.05) is 12.4 Å². The molecule has 0 aliphatic heterocycles. The summed E-state index contributed by atoms with van der Waals surface area (Å²) in [6.07, 6.45) is 3.93. The van der Waals surface area contributed by atoms with Crippen molar-refractivity contribution in [2.24, 2.45) is 5.92 Å². The molecule has 1 N–H and O–H groups in total. The fraction of sp³-hybridized carbons (Fsp3) is 0.538. The van der Waals surface area contributed by atoms with Crippen molar-refractivity contribution in [3.05, 3.63) is 24.3 Å². The Bertz CT molecular complexity index is 324. The molecular weight excluding hydrogens is 186 g/mol. The summed E-state index contributed by atoms with van der Waals surface area (Å²) in [6, 6.07) is 8.81. The molecule has 0 heterocycles. The highest BCUT2D eigenvalue weighted by molar-refractivity contribution is 5.48. The summed E-state index contributed by atoms with van der Waals surface area (Å²) in [5, 5.41) is 3.57. The minimum Gasteiger partial charge on any atom is -0.497 e. The van der Waals surface area contributed by atoms with Gasteiger partial charge < -0.3 is 10.1 Å². The van der Waals surface area contributed by atoms with Gasteiger partial charge in [-0.3, -0.25) is 0 Å². The molecule has 82 valence electrons. The zero-order valence-corrected chi connectivity index (χ0v) is 9.49. The standard InChI is InChI=1S/C13H19NO/c1-10-6-7-12(8-10)14-11-4-3-5-13(9-11)15-2/h3-5,9-10,12,14H,6-8H2,1-2H3/t10-,12+/m1/s1. The van der Waals surface area contributed by atoms with E-state index in [-0.39, 0.29) is 0 Å². The van der Waals surface area contributed by atoms with Gasteiger partial charge in [0, 0.05) is 17.8 Å². The third kappa shape index (κ3) is 2.65. The van der Waals surface area contributed by atoms with Gasteiger partial charge in [0.15, 0.2) is 0 Å². The minimum atomic E-state index is 0.645. The van der Waals surface area contributed by atoms with Crippen LogP contribution in [0.15, 0.2) is 24.3 Å². The van der Waals surface area contributed by atoms with Crippen molar-refractivity contribution >= 4 is 5.69 Å². The first-order valence-corrected chi connectivity index (χ1v) is 5.68. The fourth-order valence-electron chi connectivity index (χ4n) is 2.29. The number of benzene rings is 1. The molecule has 0 unspecified atom stereocenters. The van der Waals surface area contributed by atoms with Gasteiger partial charge in [-0.2, -0.15) is 0 Å². The Hall–Kier alpha value is -1.18. The lowest BCUT2D eigenvalue weighted by molar-refractivity contribution is 0.415. The van der Waals surface area contributed by atoms with Gasteiger partial charge in [-0.1, -0.05) is 13.0 Å². The predicted octanol–water partition coefficient (Wildman–Crippen LogP) is 3.30. The quantitative estimate of drug-likeness (QED) is 0.817. The van der Waals surface area contributed by atoms with Crippen LogP contribution in [0.25, 0.3) is 0 Å². The molecule has 2 heteroatoms. The zero-order valence-electron chi connectivity index (χ0n) is 9.49. The van der Waals surface area contributed by atoms with Crippen molar-refractivity contribution in [3.8, 4) is 5.75 Å². The lowest BCUT2D eigenvalue weighted by Crippen LogP contribution is -2.15. The van der Waals surface area contributed by atoms with Crippen molar-refractivity contribution in [1.29, 1.82) is 0 Å². The number of methoxy groups -OCH3 is 1. The van der Waals surface area contributed by atoms with E-state index in [1.165, 1.54) is 24.9 Å². The number of hydrogen-bond acceptors (Lipinski definition) is 2. The zero-order chi connectivity index (χ0) is 10.7. The number of anilines is 1. The lowest BCUT2D eigenvalue weighted by Gasteiger charge is -2.14. The average Bonchev–Trinajstić information content (AvgIpc) is 2.64. The van der Waals surface area contributed by atoms with Gasteiger partial charge in [-0.15, -0.1) is 0 Å². The Labute approximate surface area is 91.6 Å². The van der Waals surface area contributed by atoms with Crippen LogP contribution in [0.3, 0.4) is 0 Å². The van der Waals surface area contributed by atoms with E-state index in [4.69, 9.17) is 4.74 Å². The molecule has 1 aliphatic rings. The van der Waals surface area contributed by atoms with Gasteiger partial charge in [0.1, 0.15) is 5.75 Å². The molecular formula is C13H19NO. The molecule has 1 fully saturated rings. The van der Waals surface area contributed by atoms with Crippen LogP contribution in [0.5, 0.6) is 5.75 Å². The van der Waals surface area contributed by atoms with E-state index < -0.39 is 0 Å². The first-order chi connectivity index (χ1) is 7.28. The first-order valence-electron chi connectivity index (χ1n) is 5.68. The maximum atomic E-state index is 5.20. The van der Waals surface area contributed by atoms with Crippen molar-refractivity contribution in [2.45, 2.75) is 32.2 Å². The maximum absolute atomic E-state index is 5.20. The van der Waals surface area contributed by atoms with E-state index >= 15 is 0 Å². The third-order valence-corrected chi connectivity index (χ3v) is 3.14. The molecule has 2 atom stereocenters. The first kappa shape index (κ1) is 10.3. The van der Waals surface area contributed by atoms with Crippen LogP contribution in [-0.2, 0) is 0 Å². The van der Waals surface area contributed by atoms with Gasteiger partial charge in [0.25, 0.3) is 0 Å². The van der Waals surface area contributed by atoms with Crippen LogP contribution < -0.4 is 10.1 Å². The predicted molar refractivity (Wildman–Crippen MR) is 63.4 cm³/mol. The van der Waals surface area contributed by atoms with Crippen molar-refractivity contribution in [3.63, 3.8) is 0 Å². The van der Waals surface area contributed by atoms with Crippen molar-refractivity contribution in [1.82, 2.24) is 0 Å². The number of nitrogens with one attached hydrogen (secondary N) is 1. The highest BCUT2D eigenvalue weighted by atomic mass is 16.5. The minimum absolute atomic E-state index is 0.645. The molecule has 1 aromatic carbocycles. The Morgan fingerprint density at radius 3 is 2.87 bits per heavy atom. The van der Waals surface area contributed by atoms with Gasteiger partial charge in [0.2, 0.25) is 0 Å². The van der Waals surface area contributed by atoms with E-state index in [1.807, 2.05) is 12.1 Å². The molecule has 0 bridgehead atoms. The van der Waals surface area contributed by atoms with E-state index in [2.05, 4.69) is 24.4 Å². The van der Waals surface area contributed by atoms with Crippen LogP contribution in [0.4, 0.5) is 5.69 Å². The highest BCUT2D eigenvalue weighted by Crippen LogP contribution is 2.28. The maximum Gasteiger partial charge on any atom is 0.120 e. The molecule has 2 rings (SSSR count). The van der Waals surface area contributed by atoms with Crippen LogP contribution in [0, 0.1) is 5.92 Å². The second-order valence-electron chi connectivity index (χ2n) is 4.49. The summed E-state index contributed by atoms with van der Waals surface area (Å²) >= 11 is 0. The molecule has 0 aromatic heterocycles. The lowest BCUT2D eigenvalue weighted by atomic mass is 10.1. The van der Waals surface area contributed by atoms with Crippen LogP contribution in [0.2, 0.25) is 0 Å². The fourth-order valence-corrected chi connectivity index (χ4v) is 2.29. The van der Waals surface area contributed by atoms with E-state index in [9.17, 15) is 0 Å². The van der Waals surface area contributed by atoms with Crippen LogP contribution in [-0.4, -0.2) is 13.2 Å².